The Bertz CT molecular complexity index is 795. The van der Waals surface area contributed by atoms with Crippen molar-refractivity contribution in [2.24, 2.45) is 7.05 Å². The molecule has 0 saturated heterocycles. The number of halogens is 4. The highest BCUT2D eigenvalue weighted by molar-refractivity contribution is 6.30. The monoisotopic (exact) mass is 335 g/mol. The molecular weight excluding hydrogens is 327 g/mol. The van der Waals surface area contributed by atoms with E-state index < -0.39 is 30.2 Å². The van der Waals surface area contributed by atoms with Crippen LogP contribution in [0, 0.1) is 0 Å². The van der Waals surface area contributed by atoms with Gasteiger partial charge in [-0.1, -0.05) is 11.6 Å². The summed E-state index contributed by atoms with van der Waals surface area (Å²) in [4.78, 5) is 22.9. The second kappa shape index (κ2) is 5.48. The minimum Gasteiger partial charge on any atom is -0.478 e. The molecule has 0 fully saturated rings. The summed E-state index contributed by atoms with van der Waals surface area (Å²) in [5.41, 5.74) is -1.10. The van der Waals surface area contributed by atoms with E-state index in [0.717, 1.165) is 7.05 Å². The minimum absolute atomic E-state index is 0.0777. The SMILES string of the molecule is Cn1c(C(F)(F)F)nn(Cc2cc(Cl)ccc2C(=O)O)c1=O. The van der Waals surface area contributed by atoms with E-state index in [2.05, 4.69) is 5.10 Å². The summed E-state index contributed by atoms with van der Waals surface area (Å²) in [5.74, 6) is -2.65. The fourth-order valence-corrected chi connectivity index (χ4v) is 2.10. The summed E-state index contributed by atoms with van der Waals surface area (Å²) in [6.45, 7) is -0.440. The number of aromatic carboxylic acids is 1. The third kappa shape index (κ3) is 2.98. The van der Waals surface area contributed by atoms with Gasteiger partial charge in [0.25, 0.3) is 0 Å². The Morgan fingerprint density at radius 2 is 2.05 bits per heavy atom. The molecule has 10 heteroatoms. The summed E-state index contributed by atoms with van der Waals surface area (Å²) in [5, 5.41) is 12.5. The van der Waals surface area contributed by atoms with Crippen LogP contribution in [-0.4, -0.2) is 25.4 Å². The standard InChI is InChI=1S/C12H9ClF3N3O3/c1-18-10(12(14,15)16)17-19(11(18)22)5-6-4-7(13)2-3-8(6)9(20)21/h2-4H,5H2,1H3,(H,20,21). The van der Waals surface area contributed by atoms with Gasteiger partial charge in [-0.3, -0.25) is 4.57 Å². The van der Waals surface area contributed by atoms with Crippen molar-refractivity contribution in [2.45, 2.75) is 12.7 Å². The van der Waals surface area contributed by atoms with Crippen LogP contribution in [0.15, 0.2) is 23.0 Å². The quantitative estimate of drug-likeness (QED) is 0.930. The van der Waals surface area contributed by atoms with Crippen molar-refractivity contribution in [1.82, 2.24) is 14.3 Å². The largest absolute Gasteiger partial charge is 0.478 e. The van der Waals surface area contributed by atoms with E-state index >= 15 is 0 Å². The van der Waals surface area contributed by atoms with Gasteiger partial charge in [0.05, 0.1) is 12.1 Å². The molecule has 0 aliphatic carbocycles. The van der Waals surface area contributed by atoms with Gasteiger partial charge in [0.15, 0.2) is 0 Å². The highest BCUT2D eigenvalue weighted by Crippen LogP contribution is 2.26. The van der Waals surface area contributed by atoms with Crippen molar-refractivity contribution in [3.05, 3.63) is 50.7 Å². The number of rotatable bonds is 3. The fourth-order valence-electron chi connectivity index (χ4n) is 1.90. The lowest BCUT2D eigenvalue weighted by atomic mass is 10.1. The van der Waals surface area contributed by atoms with Crippen LogP contribution < -0.4 is 5.69 Å². The van der Waals surface area contributed by atoms with Crippen molar-refractivity contribution in [3.8, 4) is 0 Å². The molecule has 0 aliphatic heterocycles. The summed E-state index contributed by atoms with van der Waals surface area (Å²) in [6.07, 6.45) is -4.79. The summed E-state index contributed by atoms with van der Waals surface area (Å²) >= 11 is 5.75. The Morgan fingerprint density at radius 1 is 1.41 bits per heavy atom. The van der Waals surface area contributed by atoms with E-state index in [1.54, 1.807) is 0 Å². The van der Waals surface area contributed by atoms with Crippen LogP contribution in [0.1, 0.15) is 21.7 Å². The van der Waals surface area contributed by atoms with Gasteiger partial charge in [0, 0.05) is 12.1 Å². The molecule has 0 amide bonds. The highest BCUT2D eigenvalue weighted by Gasteiger charge is 2.38. The first kappa shape index (κ1) is 16.1. The van der Waals surface area contributed by atoms with Gasteiger partial charge in [-0.05, 0) is 23.8 Å². The number of carboxylic acids is 1. The third-order valence-corrected chi connectivity index (χ3v) is 3.15. The van der Waals surface area contributed by atoms with Gasteiger partial charge in [-0.25, -0.2) is 14.3 Å². The van der Waals surface area contributed by atoms with Crippen LogP contribution in [0.4, 0.5) is 13.2 Å². The van der Waals surface area contributed by atoms with Gasteiger partial charge >= 0.3 is 17.8 Å². The number of hydrogen-bond donors (Lipinski definition) is 1. The van der Waals surface area contributed by atoms with Crippen LogP contribution in [0.3, 0.4) is 0 Å². The van der Waals surface area contributed by atoms with Crippen LogP contribution in [0.5, 0.6) is 0 Å². The van der Waals surface area contributed by atoms with E-state index in [-0.39, 0.29) is 16.1 Å². The number of aromatic nitrogens is 3. The lowest BCUT2D eigenvalue weighted by Crippen LogP contribution is -2.25. The Labute approximate surface area is 126 Å². The Morgan fingerprint density at radius 3 is 2.55 bits per heavy atom. The molecule has 0 spiro atoms. The zero-order valence-electron chi connectivity index (χ0n) is 11.1. The molecule has 118 valence electrons. The molecule has 2 aromatic rings. The molecule has 1 aromatic carbocycles. The second-order valence-electron chi connectivity index (χ2n) is 4.43. The molecular formula is C12H9ClF3N3O3. The smallest absolute Gasteiger partial charge is 0.451 e. The topological polar surface area (TPSA) is 77.1 Å². The number of alkyl halides is 3. The minimum atomic E-state index is -4.79. The van der Waals surface area contributed by atoms with E-state index in [9.17, 15) is 22.8 Å². The van der Waals surface area contributed by atoms with Crippen LogP contribution in [-0.2, 0) is 19.8 Å². The summed E-state index contributed by atoms with van der Waals surface area (Å²) in [6, 6.07) is 3.80. The molecule has 6 nitrogen and oxygen atoms in total. The number of benzene rings is 1. The normalized spacial score (nSPS) is 11.7. The number of nitrogens with zero attached hydrogens (tertiary/aromatic N) is 3. The molecule has 1 aromatic heterocycles. The first-order valence-electron chi connectivity index (χ1n) is 5.84. The predicted molar refractivity (Wildman–Crippen MR) is 70.0 cm³/mol. The molecule has 0 aliphatic rings. The van der Waals surface area contributed by atoms with Gasteiger partial charge in [-0.2, -0.15) is 13.2 Å². The lowest BCUT2D eigenvalue weighted by Gasteiger charge is -2.06. The van der Waals surface area contributed by atoms with Crippen molar-refractivity contribution >= 4 is 17.6 Å². The molecule has 0 atom stereocenters. The zero-order chi connectivity index (χ0) is 16.7. The Kier molecular flexibility index (Phi) is 4.01. The van der Waals surface area contributed by atoms with Gasteiger partial charge in [-0.15, -0.1) is 5.10 Å². The van der Waals surface area contributed by atoms with Gasteiger partial charge < -0.3 is 5.11 Å². The number of carboxylic acid groups (broad SMARTS) is 1. The van der Waals surface area contributed by atoms with Crippen LogP contribution in [0.25, 0.3) is 0 Å². The molecule has 0 bridgehead atoms. The van der Waals surface area contributed by atoms with Gasteiger partial charge in [0.2, 0.25) is 5.82 Å². The average Bonchev–Trinajstić information content (AvgIpc) is 2.66. The third-order valence-electron chi connectivity index (χ3n) is 2.91. The average molecular weight is 336 g/mol. The Hall–Kier alpha value is -2.29. The van der Waals surface area contributed by atoms with E-state index in [1.807, 2.05) is 0 Å². The summed E-state index contributed by atoms with van der Waals surface area (Å²) in [7, 11) is 0.935. The fraction of sp³-hybridized carbons (Fsp3) is 0.250. The predicted octanol–water partition coefficient (Wildman–Crippen LogP) is 2.00. The molecule has 2 rings (SSSR count). The first-order valence-corrected chi connectivity index (χ1v) is 6.22. The van der Waals surface area contributed by atoms with Crippen LogP contribution in [0.2, 0.25) is 5.02 Å². The molecule has 0 radical (unpaired) electrons. The maximum atomic E-state index is 12.7. The maximum absolute atomic E-state index is 12.7. The molecule has 0 unspecified atom stereocenters. The molecule has 1 N–H and O–H groups in total. The number of hydrogen-bond acceptors (Lipinski definition) is 3. The van der Waals surface area contributed by atoms with Crippen LogP contribution >= 0.6 is 11.6 Å². The van der Waals surface area contributed by atoms with Crippen molar-refractivity contribution < 1.29 is 23.1 Å². The molecule has 22 heavy (non-hydrogen) atoms. The lowest BCUT2D eigenvalue weighted by molar-refractivity contribution is -0.147. The van der Waals surface area contributed by atoms with Crippen molar-refractivity contribution in [1.29, 1.82) is 0 Å². The van der Waals surface area contributed by atoms with E-state index in [4.69, 9.17) is 16.7 Å². The zero-order valence-corrected chi connectivity index (χ0v) is 11.8. The first-order chi connectivity index (χ1) is 10.1. The number of carbonyl (C=O) groups is 1. The van der Waals surface area contributed by atoms with Crippen molar-refractivity contribution in [2.75, 3.05) is 0 Å². The Balaban J connectivity index is 2.51. The van der Waals surface area contributed by atoms with Gasteiger partial charge in [0.1, 0.15) is 0 Å². The summed E-state index contributed by atoms with van der Waals surface area (Å²) < 4.78 is 39.0. The maximum Gasteiger partial charge on any atom is 0.451 e. The highest BCUT2D eigenvalue weighted by atomic mass is 35.5. The second-order valence-corrected chi connectivity index (χ2v) is 4.86. The van der Waals surface area contributed by atoms with E-state index in [1.165, 1.54) is 18.2 Å². The molecule has 1 heterocycles. The van der Waals surface area contributed by atoms with E-state index in [0.29, 0.717) is 9.25 Å². The van der Waals surface area contributed by atoms with Crippen molar-refractivity contribution in [3.63, 3.8) is 0 Å². The molecule has 0 saturated carbocycles.